The summed E-state index contributed by atoms with van der Waals surface area (Å²) in [6.07, 6.45) is 6.25. The molecule has 1 aliphatic rings. The Labute approximate surface area is 108 Å². The van der Waals surface area contributed by atoms with Crippen LogP contribution in [-0.2, 0) is 0 Å². The summed E-state index contributed by atoms with van der Waals surface area (Å²) < 4.78 is 0. The molecular formula is C14H21N3O. The highest BCUT2D eigenvalue weighted by Gasteiger charge is 2.26. The number of rotatable bonds is 2. The number of aromatic nitrogens is 1. The van der Waals surface area contributed by atoms with Gasteiger partial charge in [-0.15, -0.1) is 0 Å². The number of nitrogens with two attached hydrogens (primary N) is 1. The van der Waals surface area contributed by atoms with Crippen molar-refractivity contribution in [3.63, 3.8) is 0 Å². The Hall–Kier alpha value is -1.58. The van der Waals surface area contributed by atoms with Crippen LogP contribution in [0.15, 0.2) is 18.3 Å². The van der Waals surface area contributed by atoms with E-state index in [9.17, 15) is 4.79 Å². The summed E-state index contributed by atoms with van der Waals surface area (Å²) in [4.78, 5) is 18.2. The number of hydrogen-bond donors (Lipinski definition) is 1. The van der Waals surface area contributed by atoms with Crippen molar-refractivity contribution < 1.29 is 4.79 Å². The van der Waals surface area contributed by atoms with E-state index in [-0.39, 0.29) is 5.91 Å². The first kappa shape index (κ1) is 12.9. The van der Waals surface area contributed by atoms with Crippen molar-refractivity contribution in [2.75, 3.05) is 12.8 Å². The van der Waals surface area contributed by atoms with Crippen molar-refractivity contribution in [1.82, 2.24) is 9.88 Å². The summed E-state index contributed by atoms with van der Waals surface area (Å²) in [7, 11) is 1.87. The molecule has 0 aliphatic heterocycles. The summed E-state index contributed by atoms with van der Waals surface area (Å²) in [5.41, 5.74) is 6.27. The predicted octanol–water partition coefficient (Wildman–Crippen LogP) is 2.31. The number of amides is 1. The Morgan fingerprint density at radius 1 is 1.50 bits per heavy atom. The lowest BCUT2D eigenvalue weighted by molar-refractivity contribution is 0.0673. The van der Waals surface area contributed by atoms with Crippen LogP contribution in [0, 0.1) is 5.92 Å². The molecule has 0 aromatic carbocycles. The number of pyridine rings is 1. The van der Waals surface area contributed by atoms with Gasteiger partial charge in [-0.3, -0.25) is 4.79 Å². The van der Waals surface area contributed by atoms with Crippen molar-refractivity contribution in [2.45, 2.75) is 38.6 Å². The minimum Gasteiger partial charge on any atom is -0.383 e. The maximum atomic E-state index is 12.4. The third-order valence-corrected chi connectivity index (χ3v) is 3.85. The third-order valence-electron chi connectivity index (χ3n) is 3.85. The van der Waals surface area contributed by atoms with Crippen molar-refractivity contribution in [1.29, 1.82) is 0 Å². The molecule has 2 unspecified atom stereocenters. The van der Waals surface area contributed by atoms with E-state index in [4.69, 9.17) is 5.73 Å². The first-order chi connectivity index (χ1) is 8.59. The second-order valence-corrected chi connectivity index (χ2v) is 5.28. The predicted molar refractivity (Wildman–Crippen MR) is 72.2 cm³/mol. The molecule has 2 rings (SSSR count). The molecule has 0 radical (unpaired) electrons. The van der Waals surface area contributed by atoms with Crippen LogP contribution in [0.3, 0.4) is 0 Å². The van der Waals surface area contributed by atoms with Gasteiger partial charge in [-0.25, -0.2) is 4.98 Å². The molecule has 1 fully saturated rings. The van der Waals surface area contributed by atoms with Gasteiger partial charge >= 0.3 is 0 Å². The van der Waals surface area contributed by atoms with E-state index in [1.54, 1.807) is 18.3 Å². The molecule has 1 aromatic heterocycles. The number of carbonyl (C=O) groups excluding carboxylic acids is 1. The number of carbonyl (C=O) groups is 1. The minimum absolute atomic E-state index is 0.0142. The quantitative estimate of drug-likeness (QED) is 0.872. The Morgan fingerprint density at radius 3 is 2.94 bits per heavy atom. The fourth-order valence-electron chi connectivity index (χ4n) is 2.71. The van der Waals surface area contributed by atoms with Gasteiger partial charge in [0.15, 0.2) is 0 Å². The highest BCUT2D eigenvalue weighted by molar-refractivity contribution is 5.98. The number of anilines is 1. The molecule has 4 nitrogen and oxygen atoms in total. The van der Waals surface area contributed by atoms with E-state index in [1.165, 1.54) is 12.8 Å². The molecule has 1 heterocycles. The van der Waals surface area contributed by atoms with Gasteiger partial charge in [-0.2, -0.15) is 0 Å². The summed E-state index contributed by atoms with van der Waals surface area (Å²) in [5, 5.41) is 0. The molecule has 1 aromatic rings. The van der Waals surface area contributed by atoms with E-state index in [0.29, 0.717) is 23.3 Å². The van der Waals surface area contributed by atoms with E-state index in [2.05, 4.69) is 11.9 Å². The Balaban J connectivity index is 2.11. The largest absolute Gasteiger partial charge is 0.383 e. The zero-order valence-electron chi connectivity index (χ0n) is 11.1. The van der Waals surface area contributed by atoms with E-state index in [1.807, 2.05) is 11.9 Å². The van der Waals surface area contributed by atoms with Gasteiger partial charge in [0.25, 0.3) is 5.91 Å². The fourth-order valence-corrected chi connectivity index (χ4v) is 2.71. The van der Waals surface area contributed by atoms with Crippen LogP contribution in [-0.4, -0.2) is 28.9 Å². The molecule has 2 atom stereocenters. The van der Waals surface area contributed by atoms with Crippen molar-refractivity contribution in [3.8, 4) is 0 Å². The first-order valence-electron chi connectivity index (χ1n) is 6.57. The molecule has 1 amide bonds. The Kier molecular flexibility index (Phi) is 3.84. The standard InChI is InChI=1S/C14H21N3O/c1-10-5-3-6-11(9-10)17(2)14(18)12-7-4-8-16-13(12)15/h4,7-8,10-11H,3,5-6,9H2,1-2H3,(H2,15,16). The minimum atomic E-state index is -0.0142. The molecule has 0 bridgehead atoms. The van der Waals surface area contributed by atoms with Gasteiger partial charge in [0.1, 0.15) is 5.82 Å². The Bertz CT molecular complexity index is 433. The van der Waals surface area contributed by atoms with Gasteiger partial charge in [0.2, 0.25) is 0 Å². The Morgan fingerprint density at radius 2 is 2.28 bits per heavy atom. The van der Waals surface area contributed by atoms with Crippen LogP contribution >= 0.6 is 0 Å². The lowest BCUT2D eigenvalue weighted by atomic mass is 9.86. The third kappa shape index (κ3) is 2.63. The van der Waals surface area contributed by atoms with Crippen molar-refractivity contribution in [2.24, 2.45) is 5.92 Å². The molecule has 2 N–H and O–H groups in total. The van der Waals surface area contributed by atoms with Crippen molar-refractivity contribution in [3.05, 3.63) is 23.9 Å². The fraction of sp³-hybridized carbons (Fsp3) is 0.571. The van der Waals surface area contributed by atoms with Crippen LogP contribution in [0.1, 0.15) is 43.0 Å². The number of nitrogen functional groups attached to an aromatic ring is 1. The second-order valence-electron chi connectivity index (χ2n) is 5.28. The zero-order valence-corrected chi connectivity index (χ0v) is 11.1. The van der Waals surface area contributed by atoms with Gasteiger partial charge in [-0.1, -0.05) is 19.8 Å². The van der Waals surface area contributed by atoms with Gasteiger partial charge < -0.3 is 10.6 Å². The first-order valence-corrected chi connectivity index (χ1v) is 6.57. The number of hydrogen-bond acceptors (Lipinski definition) is 3. The van der Waals surface area contributed by atoms with Gasteiger partial charge in [-0.05, 0) is 30.9 Å². The van der Waals surface area contributed by atoms with Crippen LogP contribution in [0.2, 0.25) is 0 Å². The lowest BCUT2D eigenvalue weighted by Gasteiger charge is -2.34. The summed E-state index contributed by atoms with van der Waals surface area (Å²) >= 11 is 0. The highest BCUT2D eigenvalue weighted by atomic mass is 16.2. The smallest absolute Gasteiger partial charge is 0.257 e. The summed E-state index contributed by atoms with van der Waals surface area (Å²) in [6.45, 7) is 2.25. The maximum Gasteiger partial charge on any atom is 0.257 e. The van der Waals surface area contributed by atoms with Crippen molar-refractivity contribution >= 4 is 11.7 Å². The lowest BCUT2D eigenvalue weighted by Crippen LogP contribution is -2.40. The molecule has 1 saturated carbocycles. The molecular weight excluding hydrogens is 226 g/mol. The molecule has 4 heteroatoms. The average molecular weight is 247 g/mol. The van der Waals surface area contributed by atoms with Gasteiger partial charge in [0.05, 0.1) is 5.56 Å². The van der Waals surface area contributed by atoms with E-state index in [0.717, 1.165) is 12.8 Å². The molecule has 0 saturated heterocycles. The van der Waals surface area contributed by atoms with Crippen LogP contribution in [0.4, 0.5) is 5.82 Å². The molecule has 0 spiro atoms. The SMILES string of the molecule is CC1CCCC(N(C)C(=O)c2cccnc2N)C1. The monoisotopic (exact) mass is 247 g/mol. The van der Waals surface area contributed by atoms with E-state index >= 15 is 0 Å². The zero-order chi connectivity index (χ0) is 13.1. The van der Waals surface area contributed by atoms with Crippen LogP contribution in [0.5, 0.6) is 0 Å². The van der Waals surface area contributed by atoms with Crippen LogP contribution < -0.4 is 5.73 Å². The summed E-state index contributed by atoms with van der Waals surface area (Å²) in [5.74, 6) is 1.00. The van der Waals surface area contributed by atoms with Gasteiger partial charge in [0, 0.05) is 19.3 Å². The summed E-state index contributed by atoms with van der Waals surface area (Å²) in [6, 6.07) is 3.83. The second kappa shape index (κ2) is 5.38. The highest BCUT2D eigenvalue weighted by Crippen LogP contribution is 2.27. The average Bonchev–Trinajstić information content (AvgIpc) is 2.37. The molecule has 18 heavy (non-hydrogen) atoms. The van der Waals surface area contributed by atoms with Crippen LogP contribution in [0.25, 0.3) is 0 Å². The molecule has 1 aliphatic carbocycles. The normalized spacial score (nSPS) is 23.7. The van der Waals surface area contributed by atoms with E-state index < -0.39 is 0 Å². The number of nitrogens with zero attached hydrogens (tertiary/aromatic N) is 2. The topological polar surface area (TPSA) is 59.2 Å². The maximum absolute atomic E-state index is 12.4. The molecule has 98 valence electrons.